The number of halogens is 1. The van der Waals surface area contributed by atoms with Crippen LogP contribution in [0.4, 0.5) is 5.69 Å². The minimum atomic E-state index is -0.0879. The van der Waals surface area contributed by atoms with Crippen LogP contribution in [-0.2, 0) is 19.8 Å². The van der Waals surface area contributed by atoms with E-state index in [1.54, 1.807) is 0 Å². The lowest BCUT2D eigenvalue weighted by molar-refractivity contribution is 0.194. The minimum absolute atomic E-state index is 0.0178. The number of nitrogens with two attached hydrogens (primary N) is 1. The van der Waals surface area contributed by atoms with Crippen LogP contribution in [-0.4, -0.2) is 19.7 Å². The molecule has 6 nitrogen and oxygen atoms in total. The van der Waals surface area contributed by atoms with Crippen molar-refractivity contribution in [3.63, 3.8) is 0 Å². The Balaban J connectivity index is 1.74. The number of hydrogen-bond donors (Lipinski definition) is 2. The summed E-state index contributed by atoms with van der Waals surface area (Å²) in [6.07, 6.45) is 0. The third kappa shape index (κ3) is 5.21. The molecule has 0 fully saturated rings. The summed E-state index contributed by atoms with van der Waals surface area (Å²) in [7, 11) is 0. The van der Waals surface area contributed by atoms with Crippen LogP contribution in [0.15, 0.2) is 93.6 Å². The van der Waals surface area contributed by atoms with Crippen LogP contribution in [0.2, 0.25) is 0 Å². The van der Waals surface area contributed by atoms with E-state index in [1.165, 1.54) is 11.1 Å². The minimum Gasteiger partial charge on any atom is -0.493 e. The molecular formula is C24H22BrN5OS. The predicted molar refractivity (Wildman–Crippen MR) is 135 cm³/mol. The first kappa shape index (κ1) is 22.1. The monoisotopic (exact) mass is 507 g/mol. The average Bonchev–Trinajstić information content (AvgIpc) is 3.03. The number of aromatic hydroxyl groups is 1. The summed E-state index contributed by atoms with van der Waals surface area (Å²) in [5.41, 5.74) is 9.05. The van der Waals surface area contributed by atoms with Crippen molar-refractivity contribution in [2.75, 3.05) is 0 Å². The maximum Gasteiger partial charge on any atom is 0.221 e. The first-order valence-electron chi connectivity index (χ1n) is 10.0. The molecule has 8 heteroatoms. The summed E-state index contributed by atoms with van der Waals surface area (Å²) in [5, 5.41) is 19.7. The standard InChI is InChI=1S/C24H22BrN5OS/c25-19-11-12-21-20(13-19)22(27-28-24(26)32)23(31)30(21)16-29(14-17-7-3-1-4-8-17)15-18-9-5-2-6-10-18/h1-13,31H,14-16H2,(H2,26,32). The Morgan fingerprint density at radius 1 is 0.969 bits per heavy atom. The number of thiocarbonyl (C=S) groups is 1. The van der Waals surface area contributed by atoms with Gasteiger partial charge >= 0.3 is 0 Å². The molecule has 0 aliphatic rings. The molecule has 0 bridgehead atoms. The van der Waals surface area contributed by atoms with Gasteiger partial charge in [0.2, 0.25) is 11.0 Å². The van der Waals surface area contributed by atoms with E-state index in [4.69, 9.17) is 18.0 Å². The van der Waals surface area contributed by atoms with Gasteiger partial charge in [-0.1, -0.05) is 76.6 Å². The molecule has 162 valence electrons. The highest BCUT2D eigenvalue weighted by Gasteiger charge is 2.19. The molecule has 0 aliphatic heterocycles. The lowest BCUT2D eigenvalue weighted by Crippen LogP contribution is -2.25. The summed E-state index contributed by atoms with van der Waals surface area (Å²) >= 11 is 8.32. The van der Waals surface area contributed by atoms with Crippen LogP contribution in [0.3, 0.4) is 0 Å². The Bertz CT molecular complexity index is 1220. The van der Waals surface area contributed by atoms with Gasteiger partial charge in [0.1, 0.15) is 0 Å². The second-order valence-electron chi connectivity index (χ2n) is 7.40. The van der Waals surface area contributed by atoms with Crippen LogP contribution >= 0.6 is 28.1 Å². The molecule has 0 amide bonds. The average molecular weight is 508 g/mol. The van der Waals surface area contributed by atoms with Gasteiger partial charge in [-0.2, -0.15) is 0 Å². The fraction of sp³-hybridized carbons (Fsp3) is 0.125. The fourth-order valence-corrected chi connectivity index (χ4v) is 4.08. The van der Waals surface area contributed by atoms with E-state index in [0.717, 1.165) is 28.5 Å². The van der Waals surface area contributed by atoms with E-state index in [0.29, 0.717) is 12.4 Å². The Labute approximate surface area is 200 Å². The van der Waals surface area contributed by atoms with Crippen LogP contribution in [0.1, 0.15) is 11.1 Å². The zero-order valence-corrected chi connectivity index (χ0v) is 19.6. The molecule has 4 rings (SSSR count). The first-order valence-corrected chi connectivity index (χ1v) is 11.2. The summed E-state index contributed by atoms with van der Waals surface area (Å²) in [6, 6.07) is 26.3. The Morgan fingerprint density at radius 3 is 2.12 bits per heavy atom. The highest BCUT2D eigenvalue weighted by atomic mass is 79.9. The third-order valence-electron chi connectivity index (χ3n) is 5.06. The molecule has 3 N–H and O–H groups in total. The lowest BCUT2D eigenvalue weighted by Gasteiger charge is -2.24. The maximum absolute atomic E-state index is 11.1. The van der Waals surface area contributed by atoms with Crippen molar-refractivity contribution in [1.82, 2.24) is 9.47 Å². The molecule has 1 aromatic heterocycles. The fourth-order valence-electron chi connectivity index (χ4n) is 3.68. The van der Waals surface area contributed by atoms with E-state index in [2.05, 4.69) is 55.3 Å². The summed E-state index contributed by atoms with van der Waals surface area (Å²) in [6.45, 7) is 1.89. The van der Waals surface area contributed by atoms with Gasteiger partial charge in [0.25, 0.3) is 0 Å². The van der Waals surface area contributed by atoms with Gasteiger partial charge in [-0.15, -0.1) is 10.2 Å². The molecule has 0 spiro atoms. The van der Waals surface area contributed by atoms with Gasteiger partial charge in [0.15, 0.2) is 5.69 Å². The zero-order chi connectivity index (χ0) is 22.5. The number of azo groups is 1. The molecule has 4 aromatic rings. The van der Waals surface area contributed by atoms with E-state index in [9.17, 15) is 5.11 Å². The molecule has 0 unspecified atom stereocenters. The Morgan fingerprint density at radius 2 is 1.56 bits per heavy atom. The van der Waals surface area contributed by atoms with Crippen LogP contribution in [0.25, 0.3) is 10.9 Å². The highest BCUT2D eigenvalue weighted by Crippen LogP contribution is 2.40. The van der Waals surface area contributed by atoms with E-state index in [-0.39, 0.29) is 11.0 Å². The molecule has 0 aliphatic carbocycles. The zero-order valence-electron chi connectivity index (χ0n) is 17.2. The normalized spacial score (nSPS) is 11.6. The molecule has 0 atom stereocenters. The van der Waals surface area contributed by atoms with Gasteiger partial charge in [-0.05, 0) is 41.5 Å². The van der Waals surface area contributed by atoms with Crippen LogP contribution in [0, 0.1) is 0 Å². The van der Waals surface area contributed by atoms with Crippen LogP contribution < -0.4 is 5.73 Å². The smallest absolute Gasteiger partial charge is 0.221 e. The topological polar surface area (TPSA) is 79.1 Å². The number of rotatable bonds is 7. The van der Waals surface area contributed by atoms with Crippen molar-refractivity contribution >= 4 is 49.9 Å². The van der Waals surface area contributed by atoms with Crippen molar-refractivity contribution < 1.29 is 5.11 Å². The summed E-state index contributed by atoms with van der Waals surface area (Å²) in [4.78, 5) is 2.26. The quantitative estimate of drug-likeness (QED) is 0.234. The van der Waals surface area contributed by atoms with Crippen LogP contribution in [0.5, 0.6) is 5.88 Å². The third-order valence-corrected chi connectivity index (χ3v) is 5.63. The molecule has 32 heavy (non-hydrogen) atoms. The number of aromatic nitrogens is 1. The molecule has 0 radical (unpaired) electrons. The molecule has 3 aromatic carbocycles. The van der Waals surface area contributed by atoms with Crippen molar-refractivity contribution in [3.05, 3.63) is 94.5 Å². The van der Waals surface area contributed by atoms with Gasteiger partial charge in [0, 0.05) is 22.9 Å². The highest BCUT2D eigenvalue weighted by molar-refractivity contribution is 9.10. The summed E-state index contributed by atoms with van der Waals surface area (Å²) < 4.78 is 2.71. The van der Waals surface area contributed by atoms with Crippen molar-refractivity contribution in [2.24, 2.45) is 16.0 Å². The Kier molecular flexibility index (Phi) is 6.94. The number of nitrogens with zero attached hydrogens (tertiary/aromatic N) is 4. The van der Waals surface area contributed by atoms with Gasteiger partial charge in [-0.3, -0.25) is 9.47 Å². The van der Waals surface area contributed by atoms with Gasteiger partial charge < -0.3 is 10.8 Å². The first-order chi connectivity index (χ1) is 15.5. The molecule has 0 saturated heterocycles. The molecule has 0 saturated carbocycles. The van der Waals surface area contributed by atoms with Gasteiger partial charge in [-0.25, -0.2) is 0 Å². The maximum atomic E-state index is 11.1. The Hall–Kier alpha value is -3.07. The van der Waals surface area contributed by atoms with Crippen molar-refractivity contribution in [3.8, 4) is 5.88 Å². The number of hydrogen-bond acceptors (Lipinski definition) is 4. The largest absolute Gasteiger partial charge is 0.493 e. The molecule has 1 heterocycles. The van der Waals surface area contributed by atoms with E-state index in [1.807, 2.05) is 59.2 Å². The van der Waals surface area contributed by atoms with E-state index >= 15 is 0 Å². The predicted octanol–water partition coefficient (Wildman–Crippen LogP) is 6.10. The van der Waals surface area contributed by atoms with E-state index < -0.39 is 0 Å². The number of fused-ring (bicyclic) bond motifs is 1. The summed E-state index contributed by atoms with van der Waals surface area (Å²) in [5.74, 6) is 0.0178. The van der Waals surface area contributed by atoms with Crippen molar-refractivity contribution in [2.45, 2.75) is 19.8 Å². The SMILES string of the molecule is NC(=S)N=Nc1c(O)n(CN(Cc2ccccc2)Cc2ccccc2)c2ccc(Br)cc12. The molecular weight excluding hydrogens is 486 g/mol. The second kappa shape index (κ2) is 10.0. The number of benzene rings is 3. The lowest BCUT2D eigenvalue weighted by atomic mass is 10.2. The second-order valence-corrected chi connectivity index (χ2v) is 8.73. The van der Waals surface area contributed by atoms with Gasteiger partial charge in [0.05, 0.1) is 12.2 Å². The van der Waals surface area contributed by atoms with Crippen molar-refractivity contribution in [1.29, 1.82) is 0 Å².